The van der Waals surface area contributed by atoms with Crippen LogP contribution in [0.5, 0.6) is 0 Å². The average Bonchev–Trinajstić information content (AvgIpc) is 2.30. The molecule has 16 heavy (non-hydrogen) atoms. The largest absolute Gasteiger partial charge is 0.396 e. The molecule has 1 aliphatic heterocycles. The van der Waals surface area contributed by atoms with Crippen LogP contribution in [-0.4, -0.2) is 49.3 Å². The number of piperidine rings is 1. The van der Waals surface area contributed by atoms with Gasteiger partial charge in [0.1, 0.15) is 0 Å². The molecule has 3 nitrogen and oxygen atoms in total. The van der Waals surface area contributed by atoms with E-state index in [4.69, 9.17) is 5.11 Å². The van der Waals surface area contributed by atoms with E-state index in [1.165, 1.54) is 45.3 Å². The minimum atomic E-state index is 0.0190. The number of hydrogen-bond donors (Lipinski definition) is 2. The maximum Gasteiger partial charge on any atom is 0.0494 e. The van der Waals surface area contributed by atoms with Crippen LogP contribution in [0.4, 0.5) is 0 Å². The molecule has 0 aromatic carbocycles. The first kappa shape index (κ1) is 13.9. The van der Waals surface area contributed by atoms with Gasteiger partial charge < -0.3 is 15.3 Å². The van der Waals surface area contributed by atoms with Crippen LogP contribution in [0.2, 0.25) is 0 Å². The molecule has 0 unspecified atom stereocenters. The van der Waals surface area contributed by atoms with Gasteiger partial charge in [-0.1, -0.05) is 20.3 Å². The summed E-state index contributed by atoms with van der Waals surface area (Å²) < 4.78 is 0. The molecule has 1 heterocycles. The molecule has 1 fully saturated rings. The lowest BCUT2D eigenvalue weighted by molar-refractivity contribution is 0.156. The first-order valence-electron chi connectivity index (χ1n) is 6.68. The van der Waals surface area contributed by atoms with E-state index < -0.39 is 0 Å². The van der Waals surface area contributed by atoms with Crippen LogP contribution in [0, 0.1) is 5.41 Å². The fourth-order valence-corrected chi connectivity index (χ4v) is 2.09. The fourth-order valence-electron chi connectivity index (χ4n) is 2.09. The lowest BCUT2D eigenvalue weighted by Gasteiger charge is -2.27. The van der Waals surface area contributed by atoms with E-state index >= 15 is 0 Å². The first-order valence-corrected chi connectivity index (χ1v) is 6.68. The minimum absolute atomic E-state index is 0.0190. The Bertz CT molecular complexity index is 177. The molecule has 0 aromatic rings. The molecule has 0 aliphatic carbocycles. The zero-order valence-corrected chi connectivity index (χ0v) is 11.0. The molecule has 3 heteroatoms. The van der Waals surface area contributed by atoms with Crippen LogP contribution in [0.3, 0.4) is 0 Å². The Kier molecular flexibility index (Phi) is 6.32. The van der Waals surface area contributed by atoms with Gasteiger partial charge in [-0.25, -0.2) is 0 Å². The standard InChI is InChI=1S/C13H28N2O/c1-13(2,12-16)11-14-7-6-10-15-8-4-3-5-9-15/h14,16H,3-12H2,1-2H3. The molecule has 1 saturated heterocycles. The summed E-state index contributed by atoms with van der Waals surface area (Å²) in [5.41, 5.74) is 0.0190. The highest BCUT2D eigenvalue weighted by molar-refractivity contribution is 4.70. The van der Waals surface area contributed by atoms with Crippen molar-refractivity contribution in [1.29, 1.82) is 0 Å². The average molecular weight is 228 g/mol. The van der Waals surface area contributed by atoms with Crippen LogP contribution >= 0.6 is 0 Å². The molecule has 1 aliphatic rings. The molecule has 0 spiro atoms. The van der Waals surface area contributed by atoms with Gasteiger partial charge in [-0.3, -0.25) is 0 Å². The summed E-state index contributed by atoms with van der Waals surface area (Å²) >= 11 is 0. The van der Waals surface area contributed by atoms with Gasteiger partial charge in [-0.2, -0.15) is 0 Å². The third kappa shape index (κ3) is 5.83. The summed E-state index contributed by atoms with van der Waals surface area (Å²) in [5, 5.41) is 12.5. The maximum atomic E-state index is 9.11. The second kappa shape index (κ2) is 7.25. The third-order valence-corrected chi connectivity index (χ3v) is 3.31. The van der Waals surface area contributed by atoms with Crippen LogP contribution < -0.4 is 5.32 Å². The summed E-state index contributed by atoms with van der Waals surface area (Å²) in [6.07, 6.45) is 5.40. The molecule has 2 N–H and O–H groups in total. The predicted molar refractivity (Wildman–Crippen MR) is 68.6 cm³/mol. The van der Waals surface area contributed by atoms with Crippen molar-refractivity contribution < 1.29 is 5.11 Å². The van der Waals surface area contributed by atoms with Crippen molar-refractivity contribution in [2.45, 2.75) is 39.5 Å². The van der Waals surface area contributed by atoms with Gasteiger partial charge in [-0.15, -0.1) is 0 Å². The van der Waals surface area contributed by atoms with Crippen molar-refractivity contribution in [1.82, 2.24) is 10.2 Å². The van der Waals surface area contributed by atoms with Crippen molar-refractivity contribution in [3.63, 3.8) is 0 Å². The van der Waals surface area contributed by atoms with Crippen LogP contribution in [0.1, 0.15) is 39.5 Å². The van der Waals surface area contributed by atoms with Crippen LogP contribution in [0.25, 0.3) is 0 Å². The van der Waals surface area contributed by atoms with E-state index in [0.717, 1.165) is 13.1 Å². The Morgan fingerprint density at radius 3 is 2.50 bits per heavy atom. The topological polar surface area (TPSA) is 35.5 Å². The smallest absolute Gasteiger partial charge is 0.0494 e. The Morgan fingerprint density at radius 2 is 1.88 bits per heavy atom. The van der Waals surface area contributed by atoms with Crippen LogP contribution in [0.15, 0.2) is 0 Å². The summed E-state index contributed by atoms with van der Waals surface area (Å²) in [4.78, 5) is 2.57. The number of nitrogens with zero attached hydrogens (tertiary/aromatic N) is 1. The number of nitrogens with one attached hydrogen (secondary N) is 1. The van der Waals surface area contributed by atoms with E-state index in [9.17, 15) is 0 Å². The molecule has 0 radical (unpaired) electrons. The highest BCUT2D eigenvalue weighted by atomic mass is 16.3. The van der Waals surface area contributed by atoms with Gasteiger partial charge in [-0.05, 0) is 45.4 Å². The molecular weight excluding hydrogens is 200 g/mol. The predicted octanol–water partition coefficient (Wildman–Crippen LogP) is 1.47. The second-order valence-electron chi connectivity index (χ2n) is 5.75. The van der Waals surface area contributed by atoms with Gasteiger partial charge in [0.25, 0.3) is 0 Å². The summed E-state index contributed by atoms with van der Waals surface area (Å²) in [6.45, 7) is 10.2. The highest BCUT2D eigenvalue weighted by Crippen LogP contribution is 2.11. The first-order chi connectivity index (χ1) is 7.64. The van der Waals surface area contributed by atoms with Gasteiger partial charge in [0.05, 0.1) is 0 Å². The number of hydrogen-bond acceptors (Lipinski definition) is 3. The van der Waals surface area contributed by atoms with Gasteiger partial charge in [0.15, 0.2) is 0 Å². The number of aliphatic hydroxyl groups excluding tert-OH is 1. The zero-order valence-electron chi connectivity index (χ0n) is 11.0. The van der Waals surface area contributed by atoms with Gasteiger partial charge >= 0.3 is 0 Å². The van der Waals surface area contributed by atoms with Crippen molar-refractivity contribution in [3.05, 3.63) is 0 Å². The quantitative estimate of drug-likeness (QED) is 0.648. The van der Waals surface area contributed by atoms with Crippen molar-refractivity contribution in [2.24, 2.45) is 5.41 Å². The van der Waals surface area contributed by atoms with E-state index in [1.54, 1.807) is 0 Å². The molecule has 0 bridgehead atoms. The Labute approximate surface area is 100 Å². The lowest BCUT2D eigenvalue weighted by Crippen LogP contribution is -2.35. The van der Waals surface area contributed by atoms with E-state index in [-0.39, 0.29) is 12.0 Å². The molecule has 0 atom stereocenters. The zero-order chi connectivity index (χ0) is 11.9. The normalized spacial score (nSPS) is 18.9. The monoisotopic (exact) mass is 228 g/mol. The minimum Gasteiger partial charge on any atom is -0.396 e. The summed E-state index contributed by atoms with van der Waals surface area (Å²) in [7, 11) is 0. The van der Waals surface area contributed by atoms with E-state index in [1.807, 2.05) is 0 Å². The number of rotatable bonds is 7. The van der Waals surface area contributed by atoms with E-state index in [0.29, 0.717) is 0 Å². The third-order valence-electron chi connectivity index (χ3n) is 3.31. The number of likely N-dealkylation sites (tertiary alicyclic amines) is 1. The van der Waals surface area contributed by atoms with Crippen molar-refractivity contribution >= 4 is 0 Å². The highest BCUT2D eigenvalue weighted by Gasteiger charge is 2.15. The molecule has 96 valence electrons. The Hall–Kier alpha value is -0.120. The SMILES string of the molecule is CC(C)(CO)CNCCCN1CCCCC1. The van der Waals surface area contributed by atoms with Crippen molar-refractivity contribution in [2.75, 3.05) is 39.3 Å². The molecule has 0 saturated carbocycles. The summed E-state index contributed by atoms with van der Waals surface area (Å²) in [5.74, 6) is 0. The van der Waals surface area contributed by atoms with Gasteiger partial charge in [0.2, 0.25) is 0 Å². The van der Waals surface area contributed by atoms with Crippen LogP contribution in [-0.2, 0) is 0 Å². The Morgan fingerprint density at radius 1 is 1.19 bits per heavy atom. The van der Waals surface area contributed by atoms with E-state index in [2.05, 4.69) is 24.1 Å². The fraction of sp³-hybridized carbons (Fsp3) is 1.00. The van der Waals surface area contributed by atoms with Gasteiger partial charge in [0, 0.05) is 18.6 Å². The molecule has 0 amide bonds. The molecule has 0 aromatic heterocycles. The van der Waals surface area contributed by atoms with Crippen molar-refractivity contribution in [3.8, 4) is 0 Å². The maximum absolute atomic E-state index is 9.11. The number of aliphatic hydroxyl groups is 1. The summed E-state index contributed by atoms with van der Waals surface area (Å²) in [6, 6.07) is 0. The Balaban J connectivity index is 1.95. The molecule has 1 rings (SSSR count). The second-order valence-corrected chi connectivity index (χ2v) is 5.75. The molecular formula is C13H28N2O. The lowest BCUT2D eigenvalue weighted by atomic mass is 9.95.